The largest absolute Gasteiger partial charge is 0.444 e. The predicted octanol–water partition coefficient (Wildman–Crippen LogP) is 4.11. The first-order valence-corrected chi connectivity index (χ1v) is 8.89. The summed E-state index contributed by atoms with van der Waals surface area (Å²) in [6.07, 6.45) is -3.54. The molecule has 0 atom stereocenters. The SMILES string of the molecule is CC(C)(C)OC(=O)NCCC(=O)N(Cc1ccccc1C(F)(F)F)C1CC1. The Morgan fingerprint density at radius 2 is 1.81 bits per heavy atom. The maximum Gasteiger partial charge on any atom is 0.416 e. The summed E-state index contributed by atoms with van der Waals surface area (Å²) in [5.41, 5.74) is -1.30. The van der Waals surface area contributed by atoms with Crippen molar-refractivity contribution in [2.75, 3.05) is 6.54 Å². The summed E-state index contributed by atoms with van der Waals surface area (Å²) in [6.45, 7) is 5.16. The van der Waals surface area contributed by atoms with Crippen LogP contribution in [0.25, 0.3) is 0 Å². The highest BCUT2D eigenvalue weighted by Gasteiger charge is 2.36. The Labute approximate surface area is 156 Å². The molecule has 5 nitrogen and oxygen atoms in total. The number of benzene rings is 1. The molecule has 1 aliphatic carbocycles. The van der Waals surface area contributed by atoms with E-state index >= 15 is 0 Å². The van der Waals surface area contributed by atoms with Crippen LogP contribution in [0.5, 0.6) is 0 Å². The third-order valence-corrected chi connectivity index (χ3v) is 3.98. The highest BCUT2D eigenvalue weighted by atomic mass is 19.4. The van der Waals surface area contributed by atoms with E-state index in [0.717, 1.165) is 18.9 Å². The van der Waals surface area contributed by atoms with E-state index in [2.05, 4.69) is 5.32 Å². The van der Waals surface area contributed by atoms with Crippen molar-refractivity contribution in [3.8, 4) is 0 Å². The number of amides is 2. The first-order valence-electron chi connectivity index (χ1n) is 8.89. The molecule has 0 aliphatic heterocycles. The second-order valence-corrected chi connectivity index (χ2v) is 7.59. The molecule has 1 aromatic rings. The number of rotatable bonds is 6. The average Bonchev–Trinajstić information content (AvgIpc) is 3.34. The van der Waals surface area contributed by atoms with Crippen LogP contribution in [0, 0.1) is 0 Å². The molecule has 0 unspecified atom stereocenters. The molecular formula is C19H25F3N2O3. The number of ether oxygens (including phenoxy) is 1. The molecule has 150 valence electrons. The summed E-state index contributed by atoms with van der Waals surface area (Å²) in [7, 11) is 0. The molecule has 8 heteroatoms. The van der Waals surface area contributed by atoms with E-state index in [4.69, 9.17) is 4.74 Å². The van der Waals surface area contributed by atoms with E-state index < -0.39 is 23.4 Å². The first-order chi connectivity index (χ1) is 12.5. The van der Waals surface area contributed by atoms with Gasteiger partial charge in [-0.1, -0.05) is 18.2 Å². The smallest absolute Gasteiger partial charge is 0.416 e. The van der Waals surface area contributed by atoms with Gasteiger partial charge in [-0.2, -0.15) is 13.2 Å². The molecule has 0 saturated heterocycles. The lowest BCUT2D eigenvalue weighted by Gasteiger charge is -2.25. The average molecular weight is 386 g/mol. The molecule has 2 amide bonds. The lowest BCUT2D eigenvalue weighted by molar-refractivity contribution is -0.140. The van der Waals surface area contributed by atoms with E-state index in [1.807, 2.05) is 0 Å². The van der Waals surface area contributed by atoms with Crippen LogP contribution in [-0.4, -0.2) is 35.1 Å². The van der Waals surface area contributed by atoms with Gasteiger partial charge in [0.25, 0.3) is 0 Å². The summed E-state index contributed by atoms with van der Waals surface area (Å²) in [5, 5.41) is 2.50. The van der Waals surface area contributed by atoms with Crippen LogP contribution in [0.15, 0.2) is 24.3 Å². The van der Waals surface area contributed by atoms with Crippen molar-refractivity contribution >= 4 is 12.0 Å². The van der Waals surface area contributed by atoms with Gasteiger partial charge in [0.2, 0.25) is 5.91 Å². The zero-order valence-corrected chi connectivity index (χ0v) is 15.7. The van der Waals surface area contributed by atoms with Crippen molar-refractivity contribution in [2.45, 2.75) is 64.4 Å². The van der Waals surface area contributed by atoms with Gasteiger partial charge < -0.3 is 15.0 Å². The van der Waals surface area contributed by atoms with Crippen LogP contribution in [0.4, 0.5) is 18.0 Å². The monoisotopic (exact) mass is 386 g/mol. The lowest BCUT2D eigenvalue weighted by Crippen LogP contribution is -2.37. The quantitative estimate of drug-likeness (QED) is 0.800. The fourth-order valence-corrected chi connectivity index (χ4v) is 2.65. The van der Waals surface area contributed by atoms with Gasteiger partial charge in [0, 0.05) is 25.6 Å². The van der Waals surface area contributed by atoms with Crippen LogP contribution in [0.1, 0.15) is 51.2 Å². The number of alkyl halides is 3. The Kier molecular flexibility index (Phi) is 6.38. The Hall–Kier alpha value is -2.25. The first kappa shape index (κ1) is 21.1. The topological polar surface area (TPSA) is 58.6 Å². The molecule has 0 aromatic heterocycles. The van der Waals surface area contributed by atoms with Crippen molar-refractivity contribution in [2.24, 2.45) is 0 Å². The second kappa shape index (κ2) is 8.19. The Morgan fingerprint density at radius 3 is 2.37 bits per heavy atom. The Morgan fingerprint density at radius 1 is 1.19 bits per heavy atom. The Balaban J connectivity index is 1.96. The third-order valence-electron chi connectivity index (χ3n) is 3.98. The molecule has 1 N–H and O–H groups in total. The normalized spacial score (nSPS) is 14.6. The van der Waals surface area contributed by atoms with Crippen LogP contribution < -0.4 is 5.32 Å². The molecule has 0 heterocycles. The van der Waals surface area contributed by atoms with Crippen molar-refractivity contribution in [1.29, 1.82) is 0 Å². The molecule has 27 heavy (non-hydrogen) atoms. The summed E-state index contributed by atoms with van der Waals surface area (Å²) in [5.74, 6) is -0.287. The number of halogens is 3. The van der Waals surface area contributed by atoms with Gasteiger partial charge in [0.15, 0.2) is 0 Å². The zero-order valence-electron chi connectivity index (χ0n) is 15.7. The van der Waals surface area contributed by atoms with Gasteiger partial charge in [-0.05, 0) is 45.2 Å². The van der Waals surface area contributed by atoms with Gasteiger partial charge >= 0.3 is 12.3 Å². The third kappa shape index (κ3) is 6.77. The molecule has 1 aliphatic rings. The fourth-order valence-electron chi connectivity index (χ4n) is 2.65. The number of nitrogens with one attached hydrogen (secondary N) is 1. The maximum atomic E-state index is 13.2. The number of nitrogens with zero attached hydrogens (tertiary/aromatic N) is 1. The summed E-state index contributed by atoms with van der Waals surface area (Å²) in [4.78, 5) is 25.6. The molecular weight excluding hydrogens is 361 g/mol. The van der Waals surface area contributed by atoms with E-state index in [0.29, 0.717) is 0 Å². The number of hydrogen-bond donors (Lipinski definition) is 1. The molecule has 0 bridgehead atoms. The van der Waals surface area contributed by atoms with E-state index in [1.54, 1.807) is 20.8 Å². The van der Waals surface area contributed by atoms with Gasteiger partial charge in [-0.3, -0.25) is 4.79 Å². The number of carbonyl (C=O) groups is 2. The minimum atomic E-state index is -4.47. The van der Waals surface area contributed by atoms with Crippen LogP contribution in [-0.2, 0) is 22.3 Å². The zero-order chi connectivity index (χ0) is 20.2. The standard InChI is InChI=1S/C19H25F3N2O3/c1-18(2,3)27-17(26)23-11-10-16(25)24(14-8-9-14)12-13-6-4-5-7-15(13)19(20,21)22/h4-7,14H,8-12H2,1-3H3,(H,23,26). The van der Waals surface area contributed by atoms with Gasteiger partial charge in [0.05, 0.1) is 5.56 Å². The molecule has 1 fully saturated rings. The lowest BCUT2D eigenvalue weighted by atomic mass is 10.1. The van der Waals surface area contributed by atoms with Crippen LogP contribution in [0.3, 0.4) is 0 Å². The minimum Gasteiger partial charge on any atom is -0.444 e. The van der Waals surface area contributed by atoms with Crippen molar-refractivity contribution in [3.05, 3.63) is 35.4 Å². The summed E-state index contributed by atoms with van der Waals surface area (Å²) in [6, 6.07) is 5.24. The minimum absolute atomic E-state index is 0.00390. The summed E-state index contributed by atoms with van der Waals surface area (Å²) < 4.78 is 44.6. The van der Waals surface area contributed by atoms with Gasteiger partial charge in [-0.25, -0.2) is 4.79 Å². The molecule has 1 saturated carbocycles. The van der Waals surface area contributed by atoms with Gasteiger partial charge in [-0.15, -0.1) is 0 Å². The molecule has 2 rings (SSSR count). The van der Waals surface area contributed by atoms with E-state index in [1.165, 1.54) is 23.1 Å². The summed E-state index contributed by atoms with van der Waals surface area (Å²) >= 11 is 0. The second-order valence-electron chi connectivity index (χ2n) is 7.59. The highest BCUT2D eigenvalue weighted by Crippen LogP contribution is 2.35. The van der Waals surface area contributed by atoms with Crippen molar-refractivity contribution in [3.63, 3.8) is 0 Å². The fraction of sp³-hybridized carbons (Fsp3) is 0.579. The number of carbonyl (C=O) groups excluding carboxylic acids is 2. The van der Waals surface area contributed by atoms with Crippen molar-refractivity contribution < 1.29 is 27.5 Å². The highest BCUT2D eigenvalue weighted by molar-refractivity contribution is 5.78. The van der Waals surface area contributed by atoms with E-state index in [9.17, 15) is 22.8 Å². The predicted molar refractivity (Wildman–Crippen MR) is 93.9 cm³/mol. The molecule has 0 spiro atoms. The maximum absolute atomic E-state index is 13.2. The van der Waals surface area contributed by atoms with Crippen LogP contribution >= 0.6 is 0 Å². The molecule has 0 radical (unpaired) electrons. The van der Waals surface area contributed by atoms with E-state index in [-0.39, 0.29) is 37.0 Å². The molecule has 1 aromatic carbocycles. The van der Waals surface area contributed by atoms with Gasteiger partial charge in [0.1, 0.15) is 5.60 Å². The van der Waals surface area contributed by atoms with Crippen molar-refractivity contribution in [1.82, 2.24) is 10.2 Å². The van der Waals surface area contributed by atoms with Crippen LogP contribution in [0.2, 0.25) is 0 Å². The number of hydrogen-bond acceptors (Lipinski definition) is 3. The Bertz CT molecular complexity index is 680. The number of alkyl carbamates (subject to hydrolysis) is 1.